The van der Waals surface area contributed by atoms with Crippen LogP contribution in [-0.2, 0) is 22.5 Å². The highest BCUT2D eigenvalue weighted by atomic mass is 35.5. The van der Waals surface area contributed by atoms with Crippen molar-refractivity contribution in [3.8, 4) is 11.5 Å². The molecule has 0 aliphatic carbocycles. The summed E-state index contributed by atoms with van der Waals surface area (Å²) in [5, 5.41) is 0.552. The fourth-order valence-corrected chi connectivity index (χ4v) is 4.91. The summed E-state index contributed by atoms with van der Waals surface area (Å²) in [5.41, 5.74) is 1.50. The lowest BCUT2D eigenvalue weighted by molar-refractivity contribution is -0.132. The molecule has 1 aliphatic rings. The molecule has 0 bridgehead atoms. The van der Waals surface area contributed by atoms with Crippen molar-refractivity contribution in [1.29, 1.82) is 0 Å². The van der Waals surface area contributed by atoms with Crippen molar-refractivity contribution in [2.24, 2.45) is 0 Å². The van der Waals surface area contributed by atoms with Gasteiger partial charge in [-0.2, -0.15) is 0 Å². The van der Waals surface area contributed by atoms with Crippen molar-refractivity contribution < 1.29 is 28.2 Å². The minimum absolute atomic E-state index is 0.0444. The molecule has 220 valence electrons. The molecule has 10 heteroatoms. The lowest BCUT2D eigenvalue weighted by Crippen LogP contribution is -2.44. The van der Waals surface area contributed by atoms with E-state index < -0.39 is 0 Å². The van der Waals surface area contributed by atoms with Crippen LogP contribution in [0.4, 0.5) is 0 Å². The minimum atomic E-state index is -0.199. The number of carbonyl (C=O) groups is 2. The molecule has 4 rings (SSSR count). The van der Waals surface area contributed by atoms with E-state index in [0.29, 0.717) is 67.1 Å². The number of carbonyl (C=O) groups excluding carboxylic acids is 2. The second-order valence-corrected chi connectivity index (χ2v) is 10.3. The Morgan fingerprint density at radius 3 is 2.39 bits per heavy atom. The molecule has 3 aromatic rings. The van der Waals surface area contributed by atoms with Gasteiger partial charge in [0.15, 0.2) is 11.5 Å². The molecule has 41 heavy (non-hydrogen) atoms. The zero-order valence-corrected chi connectivity index (χ0v) is 24.5. The highest BCUT2D eigenvalue weighted by molar-refractivity contribution is 6.30. The van der Waals surface area contributed by atoms with Crippen LogP contribution in [0.3, 0.4) is 0 Å². The van der Waals surface area contributed by atoms with Gasteiger partial charge in [0.25, 0.3) is 5.91 Å². The van der Waals surface area contributed by atoms with Gasteiger partial charge in [-0.3, -0.25) is 14.5 Å². The Bertz CT molecular complexity index is 1250. The predicted molar refractivity (Wildman–Crippen MR) is 157 cm³/mol. The Morgan fingerprint density at radius 1 is 0.951 bits per heavy atom. The Labute approximate surface area is 246 Å². The van der Waals surface area contributed by atoms with Crippen molar-refractivity contribution >= 4 is 23.4 Å². The molecule has 0 radical (unpaired) electrons. The number of furan rings is 1. The second kappa shape index (κ2) is 15.5. The third kappa shape index (κ3) is 8.98. The normalized spacial score (nSPS) is 13.5. The summed E-state index contributed by atoms with van der Waals surface area (Å²) in [4.78, 5) is 33.0. The van der Waals surface area contributed by atoms with Crippen molar-refractivity contribution in [3.63, 3.8) is 0 Å². The predicted octanol–water partition coefficient (Wildman–Crippen LogP) is 4.39. The molecule has 1 aromatic heterocycles. The van der Waals surface area contributed by atoms with Crippen LogP contribution in [0.2, 0.25) is 5.02 Å². The lowest BCUT2D eigenvalue weighted by Gasteiger charge is -2.30. The van der Waals surface area contributed by atoms with Crippen LogP contribution < -0.4 is 9.47 Å². The van der Waals surface area contributed by atoms with Crippen LogP contribution in [0.1, 0.15) is 28.1 Å². The van der Waals surface area contributed by atoms with Gasteiger partial charge in [0.2, 0.25) is 5.91 Å². The number of rotatable bonds is 14. The molecule has 2 heterocycles. The molecular weight excluding hydrogens is 546 g/mol. The molecule has 2 amide bonds. The van der Waals surface area contributed by atoms with Gasteiger partial charge < -0.3 is 28.4 Å². The van der Waals surface area contributed by atoms with E-state index in [2.05, 4.69) is 4.90 Å². The van der Waals surface area contributed by atoms with Crippen LogP contribution >= 0.6 is 11.6 Å². The van der Waals surface area contributed by atoms with Crippen molar-refractivity contribution in [2.45, 2.75) is 19.4 Å². The average Bonchev–Trinajstić information content (AvgIpc) is 3.52. The number of methoxy groups -OCH3 is 2. The monoisotopic (exact) mass is 583 g/mol. The molecule has 0 unspecified atom stereocenters. The Hall–Kier alpha value is -3.53. The summed E-state index contributed by atoms with van der Waals surface area (Å²) in [6.45, 7) is 5.15. The van der Waals surface area contributed by atoms with Crippen LogP contribution in [0.5, 0.6) is 11.5 Å². The van der Waals surface area contributed by atoms with E-state index in [1.54, 1.807) is 60.6 Å². The standard InChI is InChI=1S/C31H38ClN3O6/c1-38-28-11-6-24(21-29(28)39-2)12-15-34(22-27-5-3-18-41-27)30(36)23-35(14-4-13-33-16-19-40-20-17-33)31(37)25-7-9-26(32)10-8-25/h3,5-11,18,21H,4,12-17,19-20,22-23H2,1-2H3. The Morgan fingerprint density at radius 2 is 1.71 bits per heavy atom. The number of benzene rings is 2. The zero-order chi connectivity index (χ0) is 29.0. The Kier molecular flexibility index (Phi) is 11.5. The third-order valence-corrected chi connectivity index (χ3v) is 7.36. The molecule has 2 aromatic carbocycles. The van der Waals surface area contributed by atoms with Crippen LogP contribution in [0.25, 0.3) is 0 Å². The minimum Gasteiger partial charge on any atom is -0.493 e. The van der Waals surface area contributed by atoms with Gasteiger partial charge >= 0.3 is 0 Å². The summed E-state index contributed by atoms with van der Waals surface area (Å²) >= 11 is 6.06. The third-order valence-electron chi connectivity index (χ3n) is 7.11. The molecule has 9 nitrogen and oxygen atoms in total. The maximum Gasteiger partial charge on any atom is 0.254 e. The van der Waals surface area contributed by atoms with Gasteiger partial charge in [0.05, 0.1) is 40.2 Å². The van der Waals surface area contributed by atoms with E-state index in [9.17, 15) is 9.59 Å². The van der Waals surface area contributed by atoms with E-state index in [1.807, 2.05) is 24.3 Å². The molecule has 0 spiro atoms. The van der Waals surface area contributed by atoms with E-state index in [1.165, 1.54) is 0 Å². The quantitative estimate of drug-likeness (QED) is 0.278. The highest BCUT2D eigenvalue weighted by Crippen LogP contribution is 2.28. The van der Waals surface area contributed by atoms with E-state index in [4.69, 9.17) is 30.2 Å². The first-order chi connectivity index (χ1) is 20.0. The number of nitrogens with zero attached hydrogens (tertiary/aromatic N) is 3. The molecule has 0 atom stereocenters. The van der Waals surface area contributed by atoms with E-state index in [-0.39, 0.29) is 18.4 Å². The average molecular weight is 584 g/mol. The summed E-state index contributed by atoms with van der Waals surface area (Å²) in [6.07, 6.45) is 2.93. The van der Waals surface area contributed by atoms with Gasteiger partial charge in [-0.15, -0.1) is 0 Å². The summed E-state index contributed by atoms with van der Waals surface area (Å²) in [5.74, 6) is 1.60. The first-order valence-corrected chi connectivity index (χ1v) is 14.2. The number of ether oxygens (including phenoxy) is 3. The van der Waals surface area contributed by atoms with Crippen molar-refractivity contribution in [2.75, 3.05) is 66.7 Å². The van der Waals surface area contributed by atoms with Gasteiger partial charge in [0, 0.05) is 43.3 Å². The van der Waals surface area contributed by atoms with Crippen LogP contribution in [0.15, 0.2) is 65.3 Å². The summed E-state index contributed by atoms with van der Waals surface area (Å²) in [6, 6.07) is 16.1. The van der Waals surface area contributed by atoms with E-state index in [0.717, 1.165) is 31.6 Å². The van der Waals surface area contributed by atoms with Gasteiger partial charge in [-0.25, -0.2) is 0 Å². The number of hydrogen-bond acceptors (Lipinski definition) is 7. The molecule has 1 fully saturated rings. The number of amides is 2. The topological polar surface area (TPSA) is 84.7 Å². The smallest absolute Gasteiger partial charge is 0.254 e. The maximum atomic E-state index is 13.8. The number of hydrogen-bond donors (Lipinski definition) is 0. The van der Waals surface area contributed by atoms with Crippen molar-refractivity contribution in [3.05, 3.63) is 82.8 Å². The van der Waals surface area contributed by atoms with Crippen molar-refractivity contribution in [1.82, 2.24) is 14.7 Å². The Balaban J connectivity index is 1.47. The van der Waals surface area contributed by atoms with Gasteiger partial charge in [0.1, 0.15) is 12.3 Å². The van der Waals surface area contributed by atoms with Crippen LogP contribution in [0, 0.1) is 0 Å². The molecule has 1 saturated heterocycles. The molecule has 1 aliphatic heterocycles. The largest absolute Gasteiger partial charge is 0.493 e. The summed E-state index contributed by atoms with van der Waals surface area (Å²) in [7, 11) is 3.19. The maximum absolute atomic E-state index is 13.8. The molecular formula is C31H38ClN3O6. The van der Waals surface area contributed by atoms with Crippen LogP contribution in [-0.4, -0.2) is 93.2 Å². The van der Waals surface area contributed by atoms with Gasteiger partial charge in [-0.05, 0) is 66.9 Å². The summed E-state index contributed by atoms with van der Waals surface area (Å²) < 4.78 is 21.8. The van der Waals surface area contributed by atoms with E-state index >= 15 is 0 Å². The number of morpholine rings is 1. The fourth-order valence-electron chi connectivity index (χ4n) is 4.78. The fraction of sp³-hybridized carbons (Fsp3) is 0.419. The first kappa shape index (κ1) is 30.4. The molecule has 0 saturated carbocycles. The zero-order valence-electron chi connectivity index (χ0n) is 23.7. The SMILES string of the molecule is COc1ccc(CCN(Cc2ccco2)C(=O)CN(CCCN2CCOCC2)C(=O)c2ccc(Cl)cc2)cc1OC. The highest BCUT2D eigenvalue weighted by Gasteiger charge is 2.24. The first-order valence-electron chi connectivity index (χ1n) is 13.8. The molecule has 0 N–H and O–H groups in total. The van der Waals surface area contributed by atoms with Gasteiger partial charge in [-0.1, -0.05) is 17.7 Å². The lowest BCUT2D eigenvalue weighted by atomic mass is 10.1. The number of halogens is 1. The second-order valence-electron chi connectivity index (χ2n) is 9.88.